The number of thioether (sulfide) groups is 1. The number of rotatable bonds is 10. The van der Waals surface area contributed by atoms with E-state index in [1.807, 2.05) is 60.7 Å². The van der Waals surface area contributed by atoms with Crippen molar-refractivity contribution >= 4 is 29.3 Å². The molecule has 1 aliphatic rings. The second kappa shape index (κ2) is 13.9. The van der Waals surface area contributed by atoms with Crippen LogP contribution >= 0.6 is 11.8 Å². The zero-order chi connectivity index (χ0) is 30.3. The first kappa shape index (κ1) is 30.4. The van der Waals surface area contributed by atoms with Crippen LogP contribution in [0.4, 0.5) is 5.69 Å². The molecule has 12 heteroatoms. The molecule has 1 aliphatic heterocycles. The van der Waals surface area contributed by atoms with E-state index in [0.29, 0.717) is 22.2 Å². The number of esters is 1. The summed E-state index contributed by atoms with van der Waals surface area (Å²) in [5, 5.41) is 25.2. The molecule has 5 rings (SSSR count). The Bertz CT molecular complexity index is 1530. The zero-order valence-electron chi connectivity index (χ0n) is 24.0. The van der Waals surface area contributed by atoms with Gasteiger partial charge in [-0.05, 0) is 52.7 Å². The van der Waals surface area contributed by atoms with Crippen molar-refractivity contribution in [2.75, 3.05) is 11.1 Å². The number of nitrogens with one attached hydrogen (secondary N) is 1. The predicted molar refractivity (Wildman–Crippen MR) is 159 cm³/mol. The van der Waals surface area contributed by atoms with E-state index in [4.69, 9.17) is 14.2 Å². The highest BCUT2D eigenvalue weighted by atomic mass is 32.2. The molecule has 1 fully saturated rings. The fourth-order valence-corrected chi connectivity index (χ4v) is 5.83. The number of hydrogen-bond donors (Lipinski definition) is 2. The van der Waals surface area contributed by atoms with Crippen LogP contribution in [0.2, 0.25) is 0 Å². The predicted octanol–water partition coefficient (Wildman–Crippen LogP) is 4.63. The highest BCUT2D eigenvalue weighted by Gasteiger charge is 2.38. The van der Waals surface area contributed by atoms with E-state index in [1.165, 1.54) is 25.6 Å². The van der Waals surface area contributed by atoms with Gasteiger partial charge in [-0.25, -0.2) is 0 Å². The lowest BCUT2D eigenvalue weighted by Gasteiger charge is -2.41. The van der Waals surface area contributed by atoms with Crippen LogP contribution in [-0.2, 0) is 30.4 Å². The lowest BCUT2D eigenvalue weighted by molar-refractivity contribution is -0.268. The van der Waals surface area contributed by atoms with Gasteiger partial charge in [0.05, 0.1) is 24.5 Å². The van der Waals surface area contributed by atoms with Crippen LogP contribution in [0.15, 0.2) is 84.0 Å². The molecule has 43 heavy (non-hydrogen) atoms. The van der Waals surface area contributed by atoms with Gasteiger partial charge in [0.25, 0.3) is 5.91 Å². The summed E-state index contributed by atoms with van der Waals surface area (Å²) in [4.78, 5) is 23.8. The average Bonchev–Trinajstić information content (AvgIpc) is 3.49. The van der Waals surface area contributed by atoms with Crippen LogP contribution in [0.1, 0.15) is 49.9 Å². The number of nitrogens with zero attached hydrogens (tertiary/aromatic N) is 4. The largest absolute Gasteiger partial charge is 0.453 e. The normalized spacial score (nSPS) is 20.7. The first-order chi connectivity index (χ1) is 20.8. The molecule has 0 unspecified atom stereocenters. The Morgan fingerprint density at radius 2 is 1.81 bits per heavy atom. The maximum absolute atomic E-state index is 12.6. The lowest BCUT2D eigenvalue weighted by Crippen LogP contribution is -2.38. The van der Waals surface area contributed by atoms with Crippen LogP contribution in [0.25, 0.3) is 5.69 Å². The molecule has 0 spiro atoms. The van der Waals surface area contributed by atoms with Crippen LogP contribution in [0.3, 0.4) is 0 Å². The fourth-order valence-electron chi connectivity index (χ4n) is 4.78. The Morgan fingerprint density at radius 3 is 2.53 bits per heavy atom. The fraction of sp³-hybridized carbons (Fsp3) is 0.323. The summed E-state index contributed by atoms with van der Waals surface area (Å²) in [6.07, 6.45) is -2.25. The van der Waals surface area contributed by atoms with Crippen molar-refractivity contribution in [3.05, 3.63) is 95.6 Å². The molecule has 5 atom stereocenters. The standard InChI is InChI=1S/C31H33N5O6S/c1-19-27(18-43-31-33-34-35-36(31)26-10-5-4-6-11-26)41-30(42-28(19)23-14-12-22(17-37)13-15-23)24-8-7-9-25(16-24)32-29(39)20(2)40-21(3)38/h4-16,19-20,27-28,30,37H,17-18H2,1-3H3,(H,32,39)/t19-,20+,27+,28+,30+/m1/s1. The molecule has 224 valence electrons. The number of para-hydroxylation sites is 1. The van der Waals surface area contributed by atoms with Gasteiger partial charge < -0.3 is 24.6 Å². The van der Waals surface area contributed by atoms with E-state index >= 15 is 0 Å². The minimum Gasteiger partial charge on any atom is -0.453 e. The summed E-state index contributed by atoms with van der Waals surface area (Å²) >= 11 is 1.49. The van der Waals surface area contributed by atoms with Crippen molar-refractivity contribution in [1.29, 1.82) is 0 Å². The van der Waals surface area contributed by atoms with Gasteiger partial charge in [-0.1, -0.05) is 73.3 Å². The summed E-state index contributed by atoms with van der Waals surface area (Å²) in [7, 11) is 0. The highest BCUT2D eigenvalue weighted by molar-refractivity contribution is 7.99. The van der Waals surface area contributed by atoms with Gasteiger partial charge in [-0.15, -0.1) is 5.10 Å². The number of carbonyl (C=O) groups excluding carboxylic acids is 2. The summed E-state index contributed by atoms with van der Waals surface area (Å²) in [6, 6.07) is 24.6. The van der Waals surface area contributed by atoms with Crippen LogP contribution in [0.5, 0.6) is 0 Å². The molecule has 0 aliphatic carbocycles. The third-order valence-electron chi connectivity index (χ3n) is 7.08. The van der Waals surface area contributed by atoms with E-state index in [0.717, 1.165) is 16.8 Å². The molecule has 4 aromatic rings. The van der Waals surface area contributed by atoms with Gasteiger partial charge in [-0.2, -0.15) is 4.68 Å². The first-order valence-corrected chi connectivity index (χ1v) is 14.9. The SMILES string of the molecule is CC(=O)O[C@@H](C)C(=O)Nc1cccc([C@H]2O[C@@H](CSc3nnnn3-c3ccccc3)[C@@H](C)[C@@H](c3ccc(CO)cc3)O2)c1. The van der Waals surface area contributed by atoms with Crippen molar-refractivity contribution in [3.8, 4) is 5.69 Å². The summed E-state index contributed by atoms with van der Waals surface area (Å²) in [6.45, 7) is 4.81. The van der Waals surface area contributed by atoms with Gasteiger partial charge in [0.1, 0.15) is 0 Å². The molecule has 2 N–H and O–H groups in total. The number of anilines is 1. The van der Waals surface area contributed by atoms with Crippen LogP contribution in [-0.4, -0.2) is 55.2 Å². The van der Waals surface area contributed by atoms with Crippen molar-refractivity contribution < 1.29 is 28.9 Å². The monoisotopic (exact) mass is 603 g/mol. The van der Waals surface area contributed by atoms with Crippen molar-refractivity contribution in [1.82, 2.24) is 20.2 Å². The van der Waals surface area contributed by atoms with E-state index in [9.17, 15) is 14.7 Å². The van der Waals surface area contributed by atoms with Gasteiger partial charge in [0.15, 0.2) is 12.4 Å². The van der Waals surface area contributed by atoms with Gasteiger partial charge in [-0.3, -0.25) is 9.59 Å². The topological polar surface area (TPSA) is 138 Å². The number of hydrogen-bond acceptors (Lipinski definition) is 10. The summed E-state index contributed by atoms with van der Waals surface area (Å²) < 4.78 is 19.8. The van der Waals surface area contributed by atoms with Gasteiger partial charge in [0, 0.05) is 29.8 Å². The van der Waals surface area contributed by atoms with Gasteiger partial charge >= 0.3 is 5.97 Å². The highest BCUT2D eigenvalue weighted by Crippen LogP contribution is 2.43. The van der Waals surface area contributed by atoms with E-state index in [1.54, 1.807) is 22.9 Å². The average molecular weight is 604 g/mol. The third-order valence-corrected chi connectivity index (χ3v) is 8.09. The Hall–Kier alpha value is -4.10. The van der Waals surface area contributed by atoms with Gasteiger partial charge in [0.2, 0.25) is 5.16 Å². The number of aliphatic hydroxyl groups is 1. The number of amides is 1. The molecule has 0 saturated carbocycles. The molecule has 1 saturated heterocycles. The molecule has 1 aromatic heterocycles. The van der Waals surface area contributed by atoms with E-state index < -0.39 is 24.3 Å². The lowest BCUT2D eigenvalue weighted by atomic mass is 9.91. The first-order valence-electron chi connectivity index (χ1n) is 13.9. The maximum atomic E-state index is 12.6. The number of carbonyl (C=O) groups is 2. The molecule has 0 radical (unpaired) electrons. The Kier molecular flexibility index (Phi) is 9.82. The summed E-state index contributed by atoms with van der Waals surface area (Å²) in [5.74, 6) is -0.472. The molecular weight excluding hydrogens is 570 g/mol. The van der Waals surface area contributed by atoms with Crippen molar-refractivity contribution in [2.45, 2.75) is 57.1 Å². The van der Waals surface area contributed by atoms with Crippen molar-refractivity contribution in [3.63, 3.8) is 0 Å². The maximum Gasteiger partial charge on any atom is 0.303 e. The molecular formula is C31H33N5O6S. The van der Waals surface area contributed by atoms with Crippen LogP contribution < -0.4 is 5.32 Å². The minimum atomic E-state index is -0.940. The second-order valence-corrected chi connectivity index (χ2v) is 11.2. The van der Waals surface area contributed by atoms with Crippen LogP contribution in [0, 0.1) is 5.92 Å². The zero-order valence-corrected chi connectivity index (χ0v) is 24.8. The Morgan fingerprint density at radius 1 is 1.05 bits per heavy atom. The molecule has 3 aromatic carbocycles. The molecule has 11 nitrogen and oxygen atoms in total. The number of aromatic nitrogens is 4. The van der Waals surface area contributed by atoms with E-state index in [2.05, 4.69) is 27.8 Å². The third kappa shape index (κ3) is 7.46. The Balaban J connectivity index is 1.38. The second-order valence-electron chi connectivity index (χ2n) is 10.2. The molecule has 1 amide bonds. The Labute approximate surface area is 253 Å². The number of ether oxygens (including phenoxy) is 3. The smallest absolute Gasteiger partial charge is 0.303 e. The quantitative estimate of drug-likeness (QED) is 0.195. The number of tetrazole rings is 1. The minimum absolute atomic E-state index is 0.0442. The van der Waals surface area contributed by atoms with Crippen molar-refractivity contribution in [2.24, 2.45) is 5.92 Å². The molecule has 2 heterocycles. The van der Waals surface area contributed by atoms with E-state index in [-0.39, 0.29) is 24.7 Å². The molecule has 0 bridgehead atoms. The number of benzene rings is 3. The number of aliphatic hydroxyl groups excluding tert-OH is 1. The summed E-state index contributed by atoms with van der Waals surface area (Å²) in [5.41, 5.74) is 3.86.